The highest BCUT2D eigenvalue weighted by molar-refractivity contribution is 7.18. The average Bonchev–Trinajstić information content (AvgIpc) is 3.38. The second-order valence-electron chi connectivity index (χ2n) is 13.1. The van der Waals surface area contributed by atoms with Crippen molar-refractivity contribution in [3.8, 4) is 38.3 Å². The van der Waals surface area contributed by atoms with Crippen molar-refractivity contribution in [3.63, 3.8) is 0 Å². The first-order valence-electron chi connectivity index (χ1n) is 13.9. The van der Waals surface area contributed by atoms with Crippen LogP contribution in [0.1, 0.15) is 63.8 Å². The molecule has 40 heavy (non-hydrogen) atoms. The third kappa shape index (κ3) is 5.44. The smallest absolute Gasteiger partial charge is 0.213 e. The first-order chi connectivity index (χ1) is 18.9. The Bertz CT molecular complexity index is 1750. The van der Waals surface area contributed by atoms with Crippen LogP contribution in [0.2, 0.25) is 0 Å². The maximum atomic E-state index is 10.1. The van der Waals surface area contributed by atoms with E-state index < -0.39 is 0 Å². The molecule has 0 spiro atoms. The van der Waals surface area contributed by atoms with E-state index in [9.17, 15) is 5.26 Å². The van der Waals surface area contributed by atoms with E-state index in [0.29, 0.717) is 5.56 Å². The number of hydrogen-bond donors (Lipinski definition) is 0. The van der Waals surface area contributed by atoms with Crippen LogP contribution in [0.5, 0.6) is 0 Å². The van der Waals surface area contributed by atoms with Crippen molar-refractivity contribution in [1.82, 2.24) is 4.98 Å². The minimum Gasteiger partial charge on any atom is -0.244 e. The van der Waals surface area contributed by atoms with Crippen molar-refractivity contribution in [3.05, 3.63) is 95.3 Å². The number of pyridine rings is 1. The zero-order valence-electron chi connectivity index (χ0n) is 24.9. The van der Waals surface area contributed by atoms with Gasteiger partial charge in [-0.2, -0.15) is 9.83 Å². The molecule has 0 amide bonds. The van der Waals surface area contributed by atoms with Gasteiger partial charge in [-0.15, -0.1) is 11.3 Å². The molecule has 3 aromatic carbocycles. The molecule has 0 saturated carbocycles. The molecule has 0 aliphatic carbocycles. The first kappa shape index (κ1) is 27.7. The van der Waals surface area contributed by atoms with Gasteiger partial charge < -0.3 is 0 Å². The quantitative estimate of drug-likeness (QED) is 0.212. The van der Waals surface area contributed by atoms with Crippen LogP contribution in [0, 0.1) is 23.7 Å². The van der Waals surface area contributed by atoms with E-state index in [1.165, 1.54) is 33.0 Å². The van der Waals surface area contributed by atoms with Gasteiger partial charge in [-0.05, 0) is 57.7 Å². The van der Waals surface area contributed by atoms with Crippen LogP contribution in [0.25, 0.3) is 43.0 Å². The van der Waals surface area contributed by atoms with Crippen LogP contribution >= 0.6 is 11.3 Å². The summed E-state index contributed by atoms with van der Waals surface area (Å²) in [5, 5.41) is 13.6. The van der Waals surface area contributed by atoms with Gasteiger partial charge in [0.05, 0.1) is 4.88 Å². The van der Waals surface area contributed by atoms with Gasteiger partial charge in [0.2, 0.25) is 5.69 Å². The normalized spacial score (nSPS) is 12.1. The predicted molar refractivity (Wildman–Crippen MR) is 168 cm³/mol. The van der Waals surface area contributed by atoms with E-state index in [2.05, 4.69) is 120 Å². The largest absolute Gasteiger partial charge is 0.244 e. The van der Waals surface area contributed by atoms with Gasteiger partial charge in [0, 0.05) is 29.0 Å². The van der Waals surface area contributed by atoms with Gasteiger partial charge in [0.1, 0.15) is 23.7 Å². The lowest BCUT2D eigenvalue weighted by Gasteiger charge is -2.24. The van der Waals surface area contributed by atoms with E-state index in [1.54, 1.807) is 11.3 Å². The molecule has 202 valence electrons. The first-order valence-corrected chi connectivity index (χ1v) is 14.7. The number of rotatable bonds is 4. The van der Waals surface area contributed by atoms with Crippen LogP contribution in [-0.2, 0) is 18.9 Å². The summed E-state index contributed by atoms with van der Waals surface area (Å²) in [6, 6.07) is 24.4. The number of nitriles is 1. The summed E-state index contributed by atoms with van der Waals surface area (Å²) in [4.78, 5) is 5.78. The van der Waals surface area contributed by atoms with E-state index in [-0.39, 0.29) is 10.8 Å². The Hall–Kier alpha value is -3.81. The summed E-state index contributed by atoms with van der Waals surface area (Å²) in [6.45, 7) is 15.8. The van der Waals surface area contributed by atoms with Gasteiger partial charge in [0.15, 0.2) is 6.20 Å². The molecule has 0 atom stereocenters. The average molecular weight is 545 g/mol. The molecule has 0 fully saturated rings. The molecule has 5 rings (SSSR count). The Labute approximate surface area is 242 Å². The van der Waals surface area contributed by atoms with Crippen LogP contribution in [0.15, 0.2) is 73.1 Å². The highest BCUT2D eigenvalue weighted by Crippen LogP contribution is 2.39. The van der Waals surface area contributed by atoms with E-state index >= 15 is 0 Å². The minimum atomic E-state index is -0.00888. The van der Waals surface area contributed by atoms with E-state index in [1.807, 2.05) is 19.4 Å². The second kappa shape index (κ2) is 10.3. The summed E-state index contributed by atoms with van der Waals surface area (Å²) >= 11 is 1.64. The summed E-state index contributed by atoms with van der Waals surface area (Å²) in [5.41, 5.74) is 9.10. The third-order valence-corrected chi connectivity index (χ3v) is 8.58. The van der Waals surface area contributed by atoms with Crippen molar-refractivity contribution in [2.75, 3.05) is 0 Å². The Morgan fingerprint density at radius 1 is 0.900 bits per heavy atom. The fourth-order valence-electron chi connectivity index (χ4n) is 5.53. The highest BCUT2D eigenvalue weighted by atomic mass is 32.1. The summed E-state index contributed by atoms with van der Waals surface area (Å²) in [6.07, 6.45) is 4.91. The predicted octanol–water partition coefficient (Wildman–Crippen LogP) is 9.19. The lowest BCUT2D eigenvalue weighted by molar-refractivity contribution is -0.660. The summed E-state index contributed by atoms with van der Waals surface area (Å²) in [5.74, 6) is 0. The fourth-order valence-corrected chi connectivity index (χ4v) is 6.48. The minimum absolute atomic E-state index is 0.00888. The molecule has 2 heterocycles. The molecule has 0 saturated heterocycles. The van der Waals surface area contributed by atoms with Crippen molar-refractivity contribution in [2.45, 2.75) is 60.3 Å². The number of hydrogen-bond acceptors (Lipinski definition) is 3. The molecular formula is C36H38N3S+. The maximum absolute atomic E-state index is 10.1. The standard InChI is InChI=1S/C36H38N3S/c1-23-27-11-9-10-12-28(27)31(36(5,6)7)17-29(23)32-18-30(26(20-37)22-39(32)8)33-21-38-34(40-33)25-15-13-24(14-16-25)19-35(2,3)4/h9-18,21-22H,19H2,1-8H3/q+1. The number of aryl methyl sites for hydroxylation is 2. The zero-order valence-corrected chi connectivity index (χ0v) is 25.7. The van der Waals surface area contributed by atoms with Crippen LogP contribution < -0.4 is 4.57 Å². The lowest BCUT2D eigenvalue weighted by Crippen LogP contribution is -2.31. The Morgan fingerprint density at radius 3 is 2.20 bits per heavy atom. The zero-order chi connectivity index (χ0) is 28.8. The van der Waals surface area contributed by atoms with Crippen molar-refractivity contribution >= 4 is 22.1 Å². The molecule has 0 bridgehead atoms. The number of thiazole rings is 1. The van der Waals surface area contributed by atoms with E-state index in [4.69, 9.17) is 4.98 Å². The third-order valence-electron chi connectivity index (χ3n) is 7.50. The molecule has 3 nitrogen and oxygen atoms in total. The highest BCUT2D eigenvalue weighted by Gasteiger charge is 2.25. The van der Waals surface area contributed by atoms with Crippen molar-refractivity contribution in [1.29, 1.82) is 5.26 Å². The lowest BCUT2D eigenvalue weighted by atomic mass is 9.80. The molecule has 0 unspecified atom stereocenters. The van der Waals surface area contributed by atoms with Gasteiger partial charge in [-0.25, -0.2) is 4.98 Å². The van der Waals surface area contributed by atoms with Gasteiger partial charge in [-0.1, -0.05) is 90.1 Å². The second-order valence-corrected chi connectivity index (χ2v) is 14.1. The molecule has 4 heteroatoms. The Balaban J connectivity index is 1.61. The number of nitrogens with zero attached hydrogens (tertiary/aromatic N) is 3. The van der Waals surface area contributed by atoms with E-state index in [0.717, 1.165) is 33.1 Å². The molecule has 5 aromatic rings. The molecule has 0 radical (unpaired) electrons. The SMILES string of the molecule is Cc1c(-c2cc(-c3cnc(-c4ccc(CC(C)(C)C)cc4)s3)c(C#N)c[n+]2C)cc(C(C)(C)C)c2ccccc12. The van der Waals surface area contributed by atoms with Crippen LogP contribution in [-0.4, -0.2) is 4.98 Å². The summed E-state index contributed by atoms with van der Waals surface area (Å²) in [7, 11) is 2.03. The Kier molecular flexibility index (Phi) is 7.15. The molecule has 2 aromatic heterocycles. The van der Waals surface area contributed by atoms with Gasteiger partial charge in [-0.3, -0.25) is 0 Å². The number of fused-ring (bicyclic) bond motifs is 1. The van der Waals surface area contributed by atoms with Gasteiger partial charge in [0.25, 0.3) is 0 Å². The molecular weight excluding hydrogens is 506 g/mol. The Morgan fingerprint density at radius 2 is 1.57 bits per heavy atom. The topological polar surface area (TPSA) is 40.6 Å². The number of aromatic nitrogens is 2. The molecule has 0 aliphatic rings. The van der Waals surface area contributed by atoms with Crippen molar-refractivity contribution in [2.24, 2.45) is 12.5 Å². The fraction of sp³-hybridized carbons (Fsp3) is 0.306. The van der Waals surface area contributed by atoms with Crippen LogP contribution in [0.4, 0.5) is 0 Å². The monoisotopic (exact) mass is 544 g/mol. The molecule has 0 N–H and O–H groups in total. The van der Waals surface area contributed by atoms with Crippen molar-refractivity contribution < 1.29 is 4.57 Å². The number of benzene rings is 3. The van der Waals surface area contributed by atoms with Gasteiger partial charge >= 0.3 is 0 Å². The maximum Gasteiger partial charge on any atom is 0.213 e. The summed E-state index contributed by atoms with van der Waals surface area (Å²) < 4.78 is 2.08. The molecule has 0 aliphatic heterocycles. The van der Waals surface area contributed by atoms with Crippen LogP contribution in [0.3, 0.4) is 0 Å².